The lowest BCUT2D eigenvalue weighted by atomic mass is 9.89. The molecule has 2 atom stereocenters. The third kappa shape index (κ3) is 2.46. The largest absolute Gasteiger partial charge is 0.367 e. The van der Waals surface area contributed by atoms with Crippen LogP contribution in [0.1, 0.15) is 29.9 Å². The van der Waals surface area contributed by atoms with Crippen molar-refractivity contribution in [2.75, 3.05) is 30.3 Å². The molecule has 2 nitrogen and oxygen atoms in total. The van der Waals surface area contributed by atoms with Crippen molar-refractivity contribution in [3.63, 3.8) is 0 Å². The van der Waals surface area contributed by atoms with Gasteiger partial charge in [0.1, 0.15) is 0 Å². The Balaban J connectivity index is 1.43. The second-order valence-corrected chi connectivity index (χ2v) is 8.41. The first-order valence-corrected chi connectivity index (χ1v) is 10.2. The number of hydrogen-bond donors (Lipinski definition) is 0. The molecule has 3 heteroatoms. The number of nitrogens with zero attached hydrogens (tertiary/aromatic N) is 2. The minimum absolute atomic E-state index is 0.691. The van der Waals surface area contributed by atoms with Gasteiger partial charge in [-0.2, -0.15) is 0 Å². The van der Waals surface area contributed by atoms with Crippen LogP contribution in [-0.4, -0.2) is 36.3 Å². The van der Waals surface area contributed by atoms with E-state index in [0.717, 1.165) is 12.6 Å². The Kier molecular flexibility index (Phi) is 3.79. The average molecular weight is 337 g/mol. The molecule has 0 aromatic heterocycles. The predicted octanol–water partition coefficient (Wildman–Crippen LogP) is 4.36. The highest BCUT2D eigenvalue weighted by Crippen LogP contribution is 2.50. The zero-order valence-electron chi connectivity index (χ0n) is 14.0. The van der Waals surface area contributed by atoms with Crippen LogP contribution in [0, 0.1) is 0 Å². The van der Waals surface area contributed by atoms with Crippen LogP contribution in [-0.2, 0) is 6.54 Å². The molecule has 0 saturated carbocycles. The van der Waals surface area contributed by atoms with E-state index in [4.69, 9.17) is 0 Å². The fourth-order valence-electron chi connectivity index (χ4n) is 4.79. The first kappa shape index (κ1) is 14.9. The van der Waals surface area contributed by atoms with Crippen LogP contribution < -0.4 is 4.90 Å². The molecule has 24 heavy (non-hydrogen) atoms. The highest BCUT2D eigenvalue weighted by Gasteiger charge is 2.43. The number of piperidine rings is 1. The van der Waals surface area contributed by atoms with Gasteiger partial charge in [-0.25, -0.2) is 0 Å². The molecule has 2 unspecified atom stereocenters. The summed E-state index contributed by atoms with van der Waals surface area (Å²) in [4.78, 5) is 6.94. The Hall–Kier alpha value is -1.45. The van der Waals surface area contributed by atoms with Gasteiger partial charge in [0.05, 0.1) is 5.69 Å². The van der Waals surface area contributed by atoms with E-state index in [2.05, 4.69) is 70.1 Å². The van der Waals surface area contributed by atoms with Crippen molar-refractivity contribution in [3.05, 3.63) is 59.7 Å². The molecular formula is C21H24N2S. The molecule has 2 aromatic rings. The average Bonchev–Trinajstić information content (AvgIpc) is 2.78. The second kappa shape index (κ2) is 6.12. The lowest BCUT2D eigenvalue weighted by Crippen LogP contribution is -2.46. The third-order valence-corrected chi connectivity index (χ3v) is 6.96. The quantitative estimate of drug-likeness (QED) is 0.804. The van der Waals surface area contributed by atoms with E-state index >= 15 is 0 Å². The fraction of sp³-hybridized carbons (Fsp3) is 0.429. The van der Waals surface area contributed by atoms with Crippen molar-refractivity contribution in [1.29, 1.82) is 0 Å². The van der Waals surface area contributed by atoms with E-state index in [1.807, 2.05) is 0 Å². The first-order chi connectivity index (χ1) is 11.9. The van der Waals surface area contributed by atoms with E-state index < -0.39 is 0 Å². The third-order valence-electron chi connectivity index (χ3n) is 5.83. The Labute approximate surface area is 148 Å². The monoisotopic (exact) mass is 336 g/mol. The van der Waals surface area contributed by atoms with Crippen molar-refractivity contribution in [1.82, 2.24) is 4.90 Å². The Morgan fingerprint density at radius 2 is 1.92 bits per heavy atom. The molecule has 3 heterocycles. The number of fused-ring (bicyclic) bond motifs is 3. The number of para-hydroxylation sites is 1. The molecule has 0 spiro atoms. The lowest BCUT2D eigenvalue weighted by Gasteiger charge is -2.39. The minimum atomic E-state index is 0.691. The summed E-state index contributed by atoms with van der Waals surface area (Å²) in [6.07, 6.45) is 2.62. The summed E-state index contributed by atoms with van der Waals surface area (Å²) in [6.45, 7) is 4.77. The Bertz CT molecular complexity index is 730. The van der Waals surface area contributed by atoms with E-state index in [0.29, 0.717) is 5.92 Å². The van der Waals surface area contributed by atoms with Crippen molar-refractivity contribution < 1.29 is 0 Å². The molecule has 0 amide bonds. The van der Waals surface area contributed by atoms with Crippen LogP contribution in [0.5, 0.6) is 0 Å². The van der Waals surface area contributed by atoms with Gasteiger partial charge in [-0.05, 0) is 35.8 Å². The maximum Gasteiger partial charge on any atom is 0.0543 e. The summed E-state index contributed by atoms with van der Waals surface area (Å²) in [5.74, 6) is 1.96. The van der Waals surface area contributed by atoms with Crippen LogP contribution >= 0.6 is 11.8 Å². The van der Waals surface area contributed by atoms with Crippen LogP contribution in [0.25, 0.3) is 0 Å². The number of benzene rings is 2. The van der Waals surface area contributed by atoms with Gasteiger partial charge in [-0.3, -0.25) is 4.90 Å². The Morgan fingerprint density at radius 3 is 2.83 bits per heavy atom. The summed E-state index contributed by atoms with van der Waals surface area (Å²) in [6, 6.07) is 18.7. The maximum absolute atomic E-state index is 2.76. The van der Waals surface area contributed by atoms with Crippen molar-refractivity contribution >= 4 is 17.4 Å². The van der Waals surface area contributed by atoms with Gasteiger partial charge >= 0.3 is 0 Å². The molecule has 3 aliphatic rings. The van der Waals surface area contributed by atoms with Gasteiger partial charge in [0.2, 0.25) is 0 Å². The molecule has 0 radical (unpaired) electrons. The molecular weight excluding hydrogens is 312 g/mol. The molecule has 5 rings (SSSR count). The summed E-state index contributed by atoms with van der Waals surface area (Å²) in [5, 5.41) is 0. The Morgan fingerprint density at radius 1 is 1.00 bits per heavy atom. The van der Waals surface area contributed by atoms with Gasteiger partial charge in [-0.1, -0.05) is 42.5 Å². The fourth-order valence-corrected chi connectivity index (χ4v) is 5.83. The molecule has 3 aliphatic heterocycles. The van der Waals surface area contributed by atoms with E-state index in [1.54, 1.807) is 11.3 Å². The number of thioether (sulfide) groups is 1. The summed E-state index contributed by atoms with van der Waals surface area (Å²) < 4.78 is 0. The number of anilines is 1. The molecule has 0 aliphatic carbocycles. The summed E-state index contributed by atoms with van der Waals surface area (Å²) in [5.41, 5.74) is 4.64. The van der Waals surface area contributed by atoms with Gasteiger partial charge in [0, 0.05) is 43.0 Å². The number of rotatable bonds is 2. The second-order valence-electron chi connectivity index (χ2n) is 7.27. The molecule has 2 aromatic carbocycles. The highest BCUT2D eigenvalue weighted by molar-refractivity contribution is 7.99. The zero-order valence-corrected chi connectivity index (χ0v) is 14.8. The van der Waals surface area contributed by atoms with E-state index in [-0.39, 0.29) is 0 Å². The number of likely N-dealkylation sites (tertiary alicyclic amines) is 1. The summed E-state index contributed by atoms with van der Waals surface area (Å²) >= 11 is 2.06. The summed E-state index contributed by atoms with van der Waals surface area (Å²) in [7, 11) is 0. The maximum atomic E-state index is 2.76. The molecule has 0 bridgehead atoms. The van der Waals surface area contributed by atoms with Crippen LogP contribution in [0.4, 0.5) is 5.69 Å². The van der Waals surface area contributed by atoms with E-state index in [9.17, 15) is 0 Å². The minimum Gasteiger partial charge on any atom is -0.367 e. The van der Waals surface area contributed by atoms with Gasteiger partial charge in [-0.15, -0.1) is 11.8 Å². The van der Waals surface area contributed by atoms with Crippen molar-refractivity contribution in [2.45, 2.75) is 36.2 Å². The van der Waals surface area contributed by atoms with Gasteiger partial charge < -0.3 is 4.90 Å². The first-order valence-electron chi connectivity index (χ1n) is 9.19. The lowest BCUT2D eigenvalue weighted by molar-refractivity contribution is 0.186. The zero-order chi connectivity index (χ0) is 15.9. The number of hydrogen-bond acceptors (Lipinski definition) is 3. The molecule has 0 N–H and O–H groups in total. The van der Waals surface area contributed by atoms with Gasteiger partial charge in [0.15, 0.2) is 0 Å². The molecule has 1 saturated heterocycles. The normalized spacial score (nSPS) is 25.9. The van der Waals surface area contributed by atoms with Gasteiger partial charge in [0.25, 0.3) is 0 Å². The van der Waals surface area contributed by atoms with Crippen LogP contribution in [0.15, 0.2) is 53.4 Å². The topological polar surface area (TPSA) is 6.48 Å². The standard InChI is InChI=1S/C21H24N2S/c1-2-6-16(7-3-1)14-22-12-10-19-18(15-22)17-8-4-9-20-21(17)23(19)11-5-13-24-20/h1-4,6-9,18-19H,5,10-15H2. The van der Waals surface area contributed by atoms with Crippen LogP contribution in [0.2, 0.25) is 0 Å². The van der Waals surface area contributed by atoms with Crippen LogP contribution in [0.3, 0.4) is 0 Å². The van der Waals surface area contributed by atoms with E-state index in [1.165, 1.54) is 48.7 Å². The smallest absolute Gasteiger partial charge is 0.0543 e. The highest BCUT2D eigenvalue weighted by atomic mass is 32.2. The predicted molar refractivity (Wildman–Crippen MR) is 102 cm³/mol. The molecule has 1 fully saturated rings. The molecule has 124 valence electrons. The van der Waals surface area contributed by atoms with Crippen molar-refractivity contribution in [2.24, 2.45) is 0 Å². The SMILES string of the molecule is c1ccc(CN2CCC3C(C2)c2cccc4c2N3CCCS4)cc1. The van der Waals surface area contributed by atoms with Crippen molar-refractivity contribution in [3.8, 4) is 0 Å².